The van der Waals surface area contributed by atoms with Crippen molar-refractivity contribution in [2.45, 2.75) is 19.8 Å². The summed E-state index contributed by atoms with van der Waals surface area (Å²) in [6.45, 7) is 5.27. The average Bonchev–Trinajstić information content (AvgIpc) is 3.14. The molecule has 108 valence electrons. The fraction of sp³-hybridized carbons (Fsp3) is 0.571. The zero-order valence-electron chi connectivity index (χ0n) is 11.7. The number of hydrogen-bond acceptors (Lipinski definition) is 6. The predicted molar refractivity (Wildman–Crippen MR) is 83.6 cm³/mol. The molecule has 20 heavy (non-hydrogen) atoms. The Labute approximate surface area is 122 Å². The third-order valence-electron chi connectivity index (χ3n) is 3.25. The van der Waals surface area contributed by atoms with E-state index in [0.717, 1.165) is 48.3 Å². The highest BCUT2D eigenvalue weighted by atomic mass is 32.1. The summed E-state index contributed by atoms with van der Waals surface area (Å²) in [7, 11) is 0. The SMILES string of the molecule is CCNc1nc(NCCOCC2CC2)c2ccsc2n1. The van der Waals surface area contributed by atoms with Gasteiger partial charge in [-0.25, -0.2) is 4.98 Å². The first-order valence-corrected chi connectivity index (χ1v) is 8.05. The van der Waals surface area contributed by atoms with Gasteiger partial charge in [0.25, 0.3) is 0 Å². The third-order valence-corrected chi connectivity index (χ3v) is 4.06. The van der Waals surface area contributed by atoms with Gasteiger partial charge in [-0.1, -0.05) is 0 Å². The number of ether oxygens (including phenoxy) is 1. The summed E-state index contributed by atoms with van der Waals surface area (Å²) < 4.78 is 5.63. The average molecular weight is 292 g/mol. The van der Waals surface area contributed by atoms with E-state index in [1.54, 1.807) is 11.3 Å². The molecule has 2 N–H and O–H groups in total. The Morgan fingerprint density at radius 2 is 2.25 bits per heavy atom. The van der Waals surface area contributed by atoms with Gasteiger partial charge in [-0.3, -0.25) is 0 Å². The molecule has 1 fully saturated rings. The van der Waals surface area contributed by atoms with Gasteiger partial charge in [-0.15, -0.1) is 11.3 Å². The maximum atomic E-state index is 5.63. The van der Waals surface area contributed by atoms with E-state index in [2.05, 4.69) is 26.7 Å². The van der Waals surface area contributed by atoms with Gasteiger partial charge >= 0.3 is 0 Å². The van der Waals surface area contributed by atoms with Crippen LogP contribution in [-0.2, 0) is 4.74 Å². The van der Waals surface area contributed by atoms with Gasteiger partial charge in [0, 0.05) is 19.7 Å². The minimum atomic E-state index is 0.684. The van der Waals surface area contributed by atoms with Crippen molar-refractivity contribution in [3.8, 4) is 0 Å². The van der Waals surface area contributed by atoms with Crippen LogP contribution in [0, 0.1) is 5.92 Å². The van der Waals surface area contributed by atoms with Crippen LogP contribution in [0.25, 0.3) is 10.2 Å². The van der Waals surface area contributed by atoms with E-state index in [-0.39, 0.29) is 0 Å². The molecule has 0 radical (unpaired) electrons. The standard InChI is InChI=1S/C14H20N4OS/c1-2-15-14-17-12(11-5-8-20-13(11)18-14)16-6-7-19-9-10-3-4-10/h5,8,10H,2-4,6-7,9H2,1H3,(H2,15,16,17,18). The maximum Gasteiger partial charge on any atom is 0.226 e. The molecule has 1 saturated carbocycles. The molecule has 3 rings (SSSR count). The van der Waals surface area contributed by atoms with Crippen LogP contribution in [0.15, 0.2) is 11.4 Å². The Bertz CT molecular complexity index is 567. The number of fused-ring (bicyclic) bond motifs is 1. The first-order valence-electron chi connectivity index (χ1n) is 7.17. The van der Waals surface area contributed by atoms with Crippen LogP contribution >= 0.6 is 11.3 Å². The van der Waals surface area contributed by atoms with Crippen molar-refractivity contribution in [2.75, 3.05) is 36.9 Å². The summed E-state index contributed by atoms with van der Waals surface area (Å²) >= 11 is 1.64. The molecule has 1 aliphatic rings. The Balaban J connectivity index is 1.60. The second-order valence-electron chi connectivity index (χ2n) is 5.01. The molecule has 0 aromatic carbocycles. The third kappa shape index (κ3) is 3.37. The molecule has 6 heteroatoms. The van der Waals surface area contributed by atoms with Gasteiger partial charge in [0.15, 0.2) is 0 Å². The van der Waals surface area contributed by atoms with E-state index in [1.165, 1.54) is 12.8 Å². The summed E-state index contributed by atoms with van der Waals surface area (Å²) in [5.74, 6) is 2.39. The number of anilines is 2. The lowest BCUT2D eigenvalue weighted by Crippen LogP contribution is -2.13. The zero-order valence-corrected chi connectivity index (χ0v) is 12.5. The lowest BCUT2D eigenvalue weighted by Gasteiger charge is -2.09. The summed E-state index contributed by atoms with van der Waals surface area (Å²) in [6.07, 6.45) is 2.67. The molecule has 0 bridgehead atoms. The molecule has 0 unspecified atom stereocenters. The fourth-order valence-corrected chi connectivity index (χ4v) is 2.77. The predicted octanol–water partition coefficient (Wildman–Crippen LogP) is 2.96. The second kappa shape index (κ2) is 6.37. The minimum Gasteiger partial charge on any atom is -0.379 e. The smallest absolute Gasteiger partial charge is 0.226 e. The molecule has 2 aromatic heterocycles. The molecule has 0 spiro atoms. The molecular weight excluding hydrogens is 272 g/mol. The first kappa shape index (κ1) is 13.6. The molecule has 2 heterocycles. The Hall–Kier alpha value is -1.40. The molecule has 0 aliphatic heterocycles. The molecule has 5 nitrogen and oxygen atoms in total. The highest BCUT2D eigenvalue weighted by Gasteiger charge is 2.20. The Morgan fingerprint density at radius 3 is 3.05 bits per heavy atom. The quantitative estimate of drug-likeness (QED) is 0.733. The molecule has 2 aromatic rings. The van der Waals surface area contributed by atoms with Crippen molar-refractivity contribution in [3.05, 3.63) is 11.4 Å². The Morgan fingerprint density at radius 1 is 1.35 bits per heavy atom. The van der Waals surface area contributed by atoms with Crippen LogP contribution in [0.5, 0.6) is 0 Å². The largest absolute Gasteiger partial charge is 0.379 e. The number of nitrogens with zero attached hydrogens (tertiary/aromatic N) is 2. The van der Waals surface area contributed by atoms with Crippen molar-refractivity contribution in [3.63, 3.8) is 0 Å². The molecule has 1 aliphatic carbocycles. The fourth-order valence-electron chi connectivity index (χ4n) is 2.00. The van der Waals surface area contributed by atoms with Crippen LogP contribution in [-0.4, -0.2) is 36.3 Å². The number of hydrogen-bond donors (Lipinski definition) is 2. The van der Waals surface area contributed by atoms with Crippen molar-refractivity contribution in [1.29, 1.82) is 0 Å². The van der Waals surface area contributed by atoms with E-state index in [1.807, 2.05) is 12.3 Å². The second-order valence-corrected chi connectivity index (χ2v) is 5.91. The maximum absolute atomic E-state index is 5.63. The molecule has 0 saturated heterocycles. The van der Waals surface area contributed by atoms with Crippen molar-refractivity contribution < 1.29 is 4.74 Å². The van der Waals surface area contributed by atoms with Crippen LogP contribution < -0.4 is 10.6 Å². The summed E-state index contributed by atoms with van der Waals surface area (Å²) in [6, 6.07) is 2.06. The monoisotopic (exact) mass is 292 g/mol. The zero-order chi connectivity index (χ0) is 13.8. The van der Waals surface area contributed by atoms with Crippen LogP contribution in [0.3, 0.4) is 0 Å². The molecule has 0 amide bonds. The van der Waals surface area contributed by atoms with Gasteiger partial charge in [-0.05, 0) is 37.1 Å². The van der Waals surface area contributed by atoms with Gasteiger partial charge in [0.1, 0.15) is 10.6 Å². The van der Waals surface area contributed by atoms with E-state index in [4.69, 9.17) is 4.74 Å². The van der Waals surface area contributed by atoms with E-state index in [9.17, 15) is 0 Å². The van der Waals surface area contributed by atoms with Gasteiger partial charge in [0.2, 0.25) is 5.95 Å². The first-order chi connectivity index (χ1) is 9.86. The van der Waals surface area contributed by atoms with E-state index >= 15 is 0 Å². The minimum absolute atomic E-state index is 0.684. The lowest BCUT2D eigenvalue weighted by molar-refractivity contribution is 0.134. The van der Waals surface area contributed by atoms with Crippen molar-refractivity contribution >= 4 is 33.3 Å². The summed E-state index contributed by atoms with van der Waals surface area (Å²) in [5.41, 5.74) is 0. The number of nitrogens with one attached hydrogen (secondary N) is 2. The van der Waals surface area contributed by atoms with Gasteiger partial charge in [-0.2, -0.15) is 4.98 Å². The van der Waals surface area contributed by atoms with Crippen LogP contribution in [0.2, 0.25) is 0 Å². The lowest BCUT2D eigenvalue weighted by atomic mass is 10.4. The van der Waals surface area contributed by atoms with Crippen molar-refractivity contribution in [2.24, 2.45) is 5.92 Å². The Kier molecular flexibility index (Phi) is 4.32. The summed E-state index contributed by atoms with van der Waals surface area (Å²) in [5, 5.41) is 9.65. The highest BCUT2D eigenvalue weighted by molar-refractivity contribution is 7.16. The number of aromatic nitrogens is 2. The van der Waals surface area contributed by atoms with Crippen LogP contribution in [0.4, 0.5) is 11.8 Å². The van der Waals surface area contributed by atoms with Crippen LogP contribution in [0.1, 0.15) is 19.8 Å². The summed E-state index contributed by atoms with van der Waals surface area (Å²) in [4.78, 5) is 10.0. The van der Waals surface area contributed by atoms with Crippen molar-refractivity contribution in [1.82, 2.24) is 9.97 Å². The molecular formula is C14H20N4OS. The highest BCUT2D eigenvalue weighted by Crippen LogP contribution is 2.29. The number of thiophene rings is 1. The molecule has 0 atom stereocenters. The van der Waals surface area contributed by atoms with Gasteiger partial charge in [0.05, 0.1) is 12.0 Å². The van der Waals surface area contributed by atoms with E-state index in [0.29, 0.717) is 5.95 Å². The number of rotatable bonds is 8. The van der Waals surface area contributed by atoms with Gasteiger partial charge < -0.3 is 15.4 Å². The normalized spacial score (nSPS) is 14.7. The topological polar surface area (TPSA) is 59.1 Å². The van der Waals surface area contributed by atoms with E-state index < -0.39 is 0 Å².